The van der Waals surface area contributed by atoms with Crippen LogP contribution in [0.15, 0.2) is 54.7 Å². The Morgan fingerprint density at radius 1 is 1.10 bits per heavy atom. The number of rotatable bonds is 7. The van der Waals surface area contributed by atoms with Crippen LogP contribution in [0.3, 0.4) is 0 Å². The lowest BCUT2D eigenvalue weighted by Crippen LogP contribution is -2.33. The van der Waals surface area contributed by atoms with Gasteiger partial charge in [-0.15, -0.1) is 0 Å². The number of aromatic nitrogens is 4. The van der Waals surface area contributed by atoms with Gasteiger partial charge in [0.25, 0.3) is 0 Å². The summed E-state index contributed by atoms with van der Waals surface area (Å²) < 4.78 is 27.3. The van der Waals surface area contributed by atoms with Crippen LogP contribution < -0.4 is 9.62 Å². The summed E-state index contributed by atoms with van der Waals surface area (Å²) in [5.41, 5.74) is 4.63. The van der Waals surface area contributed by atoms with Gasteiger partial charge in [-0.25, -0.2) is 23.1 Å². The van der Waals surface area contributed by atoms with Crippen molar-refractivity contribution in [3.05, 3.63) is 66.1 Å². The Morgan fingerprint density at radius 2 is 1.85 bits per heavy atom. The number of pyridine rings is 2. The third-order valence-corrected chi connectivity index (χ3v) is 8.51. The average Bonchev–Trinajstić information content (AvgIpc) is 3.30. The third kappa shape index (κ3) is 5.65. The molecule has 41 heavy (non-hydrogen) atoms. The number of sulfonamides is 1. The largest absolute Gasteiger partial charge is 0.357 e. The summed E-state index contributed by atoms with van der Waals surface area (Å²) in [4.78, 5) is 24.5. The van der Waals surface area contributed by atoms with Crippen molar-refractivity contribution in [1.82, 2.24) is 24.5 Å². The van der Waals surface area contributed by atoms with Crippen molar-refractivity contribution in [1.29, 1.82) is 5.26 Å². The molecule has 210 valence electrons. The molecule has 2 fully saturated rings. The zero-order valence-electron chi connectivity index (χ0n) is 22.8. The van der Waals surface area contributed by atoms with Crippen molar-refractivity contribution >= 4 is 32.8 Å². The maximum Gasteiger partial charge on any atom is 0.239 e. The first-order valence-electron chi connectivity index (χ1n) is 13.9. The summed E-state index contributed by atoms with van der Waals surface area (Å²) in [7, 11) is -3.70. The molecule has 1 N–H and O–H groups in total. The van der Waals surface area contributed by atoms with Gasteiger partial charge in [-0.3, -0.25) is 9.52 Å². The summed E-state index contributed by atoms with van der Waals surface area (Å²) in [6.45, 7) is 1.58. The van der Waals surface area contributed by atoms with Crippen LogP contribution in [0.4, 0.5) is 5.82 Å². The summed E-state index contributed by atoms with van der Waals surface area (Å²) in [5.74, 6) is 0.628. The third-order valence-electron chi connectivity index (χ3n) is 7.91. The molecule has 1 aliphatic carbocycles. The number of piperidine rings is 1. The standard InChI is InChI=1S/C30H31N7O3S/c1-41(39,40)35-27(38)17-23-16-25(22-10-11-26(32-19-22)36-14-12-20(18-31)13-15-36)28-29(21-6-5-7-21)34-37(30(28)33-23)24-8-3-2-4-9-24/h2-4,8-11,16,19-21H,5-7,12-15,17H2,1H3,(H,35,38). The first-order valence-corrected chi connectivity index (χ1v) is 15.8. The smallest absolute Gasteiger partial charge is 0.239 e. The Labute approximate surface area is 239 Å². The molecule has 1 amide bonds. The highest BCUT2D eigenvalue weighted by molar-refractivity contribution is 7.89. The van der Waals surface area contributed by atoms with Crippen LogP contribution in [0.25, 0.3) is 27.8 Å². The van der Waals surface area contributed by atoms with Gasteiger partial charge in [0, 0.05) is 36.7 Å². The van der Waals surface area contributed by atoms with Crippen molar-refractivity contribution in [2.45, 2.75) is 44.4 Å². The summed E-state index contributed by atoms with van der Waals surface area (Å²) in [6, 6.07) is 18.0. The fourth-order valence-electron chi connectivity index (χ4n) is 5.61. The number of nitrogens with one attached hydrogen (secondary N) is 1. The number of carbonyl (C=O) groups excluding carboxylic acids is 1. The molecule has 1 aromatic carbocycles. The molecule has 0 unspecified atom stereocenters. The molecular weight excluding hydrogens is 538 g/mol. The maximum atomic E-state index is 12.6. The van der Waals surface area contributed by atoms with Gasteiger partial charge in [-0.1, -0.05) is 24.6 Å². The van der Waals surface area contributed by atoms with Gasteiger partial charge in [0.2, 0.25) is 15.9 Å². The number of amides is 1. The van der Waals surface area contributed by atoms with Gasteiger partial charge in [0.1, 0.15) is 5.82 Å². The number of hydrogen-bond acceptors (Lipinski definition) is 8. The average molecular weight is 570 g/mol. The van der Waals surface area contributed by atoms with Crippen LogP contribution in [-0.4, -0.2) is 53.4 Å². The Balaban J connectivity index is 1.46. The molecule has 0 radical (unpaired) electrons. The van der Waals surface area contributed by atoms with Crippen LogP contribution in [0.5, 0.6) is 0 Å². The lowest BCUT2D eigenvalue weighted by molar-refractivity contribution is -0.118. The molecule has 0 atom stereocenters. The lowest BCUT2D eigenvalue weighted by Gasteiger charge is -2.30. The number of nitriles is 1. The van der Waals surface area contributed by atoms with E-state index >= 15 is 0 Å². The quantitative estimate of drug-likeness (QED) is 0.352. The number of benzene rings is 1. The number of nitrogens with zero attached hydrogens (tertiary/aromatic N) is 6. The predicted octanol–water partition coefficient (Wildman–Crippen LogP) is 4.11. The number of para-hydroxylation sites is 1. The van der Waals surface area contributed by atoms with Gasteiger partial charge >= 0.3 is 0 Å². The zero-order chi connectivity index (χ0) is 28.6. The maximum absolute atomic E-state index is 12.6. The molecular formula is C30H31N7O3S. The van der Waals surface area contributed by atoms with Gasteiger partial charge in [0.15, 0.2) is 5.65 Å². The first-order chi connectivity index (χ1) is 19.8. The molecule has 2 aliphatic rings. The lowest BCUT2D eigenvalue weighted by atomic mass is 9.81. The van der Waals surface area contributed by atoms with Gasteiger partial charge in [0.05, 0.1) is 41.2 Å². The summed E-state index contributed by atoms with van der Waals surface area (Å²) >= 11 is 0. The van der Waals surface area contributed by atoms with Crippen molar-refractivity contribution in [3.63, 3.8) is 0 Å². The number of carbonyl (C=O) groups is 1. The number of anilines is 1. The fraction of sp³-hybridized carbons (Fsp3) is 0.367. The molecule has 6 rings (SSSR count). The predicted molar refractivity (Wildman–Crippen MR) is 156 cm³/mol. The van der Waals surface area contributed by atoms with E-state index in [-0.39, 0.29) is 12.3 Å². The molecule has 4 aromatic rings. The van der Waals surface area contributed by atoms with E-state index in [4.69, 9.17) is 15.1 Å². The van der Waals surface area contributed by atoms with E-state index < -0.39 is 15.9 Å². The van der Waals surface area contributed by atoms with Crippen LogP contribution in [0, 0.1) is 17.2 Å². The van der Waals surface area contributed by atoms with Crippen LogP contribution in [0.1, 0.15) is 49.4 Å². The Morgan fingerprint density at radius 3 is 2.46 bits per heavy atom. The van der Waals surface area contributed by atoms with E-state index in [9.17, 15) is 18.5 Å². The van der Waals surface area contributed by atoms with Crippen LogP contribution in [-0.2, 0) is 21.2 Å². The van der Waals surface area contributed by atoms with Crippen LogP contribution in [0.2, 0.25) is 0 Å². The highest BCUT2D eigenvalue weighted by Gasteiger charge is 2.29. The van der Waals surface area contributed by atoms with Crippen molar-refractivity contribution in [3.8, 4) is 22.9 Å². The van der Waals surface area contributed by atoms with Crippen LogP contribution >= 0.6 is 0 Å². The van der Waals surface area contributed by atoms with Crippen molar-refractivity contribution in [2.24, 2.45) is 5.92 Å². The second-order valence-electron chi connectivity index (χ2n) is 10.9. The Bertz CT molecular complexity index is 1730. The summed E-state index contributed by atoms with van der Waals surface area (Å²) in [5, 5.41) is 15.2. The zero-order valence-corrected chi connectivity index (χ0v) is 23.6. The molecule has 10 nitrogen and oxygen atoms in total. The van der Waals surface area contributed by atoms with Crippen molar-refractivity contribution in [2.75, 3.05) is 24.2 Å². The molecule has 1 saturated heterocycles. The Kier molecular flexibility index (Phi) is 7.17. The molecule has 4 heterocycles. The highest BCUT2D eigenvalue weighted by atomic mass is 32.2. The highest BCUT2D eigenvalue weighted by Crippen LogP contribution is 2.43. The van der Waals surface area contributed by atoms with E-state index in [1.807, 2.05) is 64.1 Å². The van der Waals surface area contributed by atoms with E-state index in [0.29, 0.717) is 17.3 Å². The van der Waals surface area contributed by atoms with Crippen molar-refractivity contribution < 1.29 is 13.2 Å². The van der Waals surface area contributed by atoms with E-state index in [2.05, 4.69) is 11.0 Å². The SMILES string of the molecule is CS(=O)(=O)NC(=O)Cc1cc(-c2ccc(N3CCC(C#N)CC3)nc2)c2c(C3CCC3)nn(-c3ccccc3)c2n1. The van der Waals surface area contributed by atoms with E-state index in [1.54, 1.807) is 0 Å². The minimum absolute atomic E-state index is 0.0972. The topological polar surface area (TPSA) is 134 Å². The number of fused-ring (bicyclic) bond motifs is 1. The van der Waals surface area contributed by atoms with Gasteiger partial charge < -0.3 is 4.90 Å². The molecule has 1 aliphatic heterocycles. The van der Waals surface area contributed by atoms with E-state index in [1.165, 1.54) is 0 Å². The Hall–Kier alpha value is -4.30. The van der Waals surface area contributed by atoms with Gasteiger partial charge in [-0.2, -0.15) is 10.4 Å². The number of hydrogen-bond donors (Lipinski definition) is 1. The first kappa shape index (κ1) is 26.9. The summed E-state index contributed by atoms with van der Waals surface area (Å²) in [6.07, 6.45) is 7.50. The second-order valence-corrected chi connectivity index (χ2v) is 12.6. The molecule has 1 saturated carbocycles. The molecule has 0 spiro atoms. The minimum Gasteiger partial charge on any atom is -0.357 e. The minimum atomic E-state index is -3.70. The normalized spacial score (nSPS) is 16.3. The molecule has 3 aromatic heterocycles. The molecule has 0 bridgehead atoms. The molecule has 11 heteroatoms. The second kappa shape index (κ2) is 10.9. The monoisotopic (exact) mass is 569 g/mol. The van der Waals surface area contributed by atoms with E-state index in [0.717, 1.165) is 85.2 Å². The van der Waals surface area contributed by atoms with Gasteiger partial charge in [-0.05, 0) is 61.6 Å². The fourth-order valence-corrected chi connectivity index (χ4v) is 6.09.